The van der Waals surface area contributed by atoms with Crippen LogP contribution in [0.4, 0.5) is 0 Å². The number of fused-ring (bicyclic) bond motifs is 2. The van der Waals surface area contributed by atoms with Crippen molar-refractivity contribution in [2.45, 2.75) is 18.8 Å². The molecule has 0 radical (unpaired) electrons. The Labute approximate surface area is 145 Å². The van der Waals surface area contributed by atoms with E-state index >= 15 is 0 Å². The van der Waals surface area contributed by atoms with Gasteiger partial charge in [0.25, 0.3) is 0 Å². The fourth-order valence-corrected chi connectivity index (χ4v) is 3.74. The van der Waals surface area contributed by atoms with Crippen LogP contribution in [0.3, 0.4) is 0 Å². The molecule has 0 amide bonds. The molecule has 2 heterocycles. The second-order valence-electron chi connectivity index (χ2n) is 6.63. The zero-order valence-electron chi connectivity index (χ0n) is 13.6. The van der Waals surface area contributed by atoms with E-state index in [1.807, 2.05) is 24.4 Å². The highest BCUT2D eigenvalue weighted by atomic mass is 16.7. The summed E-state index contributed by atoms with van der Waals surface area (Å²) in [6.07, 6.45) is 5.11. The molecule has 0 saturated carbocycles. The van der Waals surface area contributed by atoms with E-state index in [0.29, 0.717) is 6.42 Å². The Bertz CT molecular complexity index is 1010. The molecule has 4 nitrogen and oxygen atoms in total. The molecule has 1 atom stereocenters. The highest BCUT2D eigenvalue weighted by molar-refractivity contribution is 6.00. The first-order valence-electron chi connectivity index (χ1n) is 8.47. The molecule has 4 heteroatoms. The van der Waals surface area contributed by atoms with E-state index in [-0.39, 0.29) is 18.5 Å². The van der Waals surface area contributed by atoms with E-state index in [9.17, 15) is 4.79 Å². The molecular weight excluding hydrogens is 314 g/mol. The van der Waals surface area contributed by atoms with Gasteiger partial charge >= 0.3 is 0 Å². The van der Waals surface area contributed by atoms with E-state index < -0.39 is 0 Å². The number of nitrogens with one attached hydrogen (secondary N) is 1. The topological polar surface area (TPSA) is 51.3 Å². The minimum atomic E-state index is 0.168. The number of rotatable bonds is 2. The Hall–Kier alpha value is -3.01. The maximum atomic E-state index is 12.3. The number of ketones is 1. The van der Waals surface area contributed by atoms with Crippen LogP contribution < -0.4 is 9.47 Å². The lowest BCUT2D eigenvalue weighted by atomic mass is 9.81. The molecule has 25 heavy (non-hydrogen) atoms. The summed E-state index contributed by atoms with van der Waals surface area (Å²) in [6, 6.07) is 14.4. The molecule has 1 N–H and O–H groups in total. The van der Waals surface area contributed by atoms with Crippen molar-refractivity contribution in [3.05, 3.63) is 65.9 Å². The van der Waals surface area contributed by atoms with Crippen molar-refractivity contribution in [2.24, 2.45) is 0 Å². The molecule has 0 bridgehead atoms. The Morgan fingerprint density at radius 1 is 0.960 bits per heavy atom. The normalized spacial score (nSPS) is 19.3. The molecular formula is C21H17NO3. The number of aromatic nitrogens is 1. The van der Waals surface area contributed by atoms with Crippen LogP contribution in [0.5, 0.6) is 11.5 Å². The van der Waals surface area contributed by atoms with Gasteiger partial charge in [0.2, 0.25) is 6.79 Å². The van der Waals surface area contributed by atoms with Crippen LogP contribution in [0.1, 0.15) is 29.9 Å². The number of carbonyl (C=O) groups is 1. The predicted molar refractivity (Wildman–Crippen MR) is 95.8 cm³/mol. The lowest BCUT2D eigenvalue weighted by molar-refractivity contribution is -0.115. The van der Waals surface area contributed by atoms with Crippen LogP contribution in [0.2, 0.25) is 0 Å². The quantitative estimate of drug-likeness (QED) is 0.756. The van der Waals surface area contributed by atoms with Crippen molar-refractivity contribution in [1.29, 1.82) is 0 Å². The third-order valence-electron chi connectivity index (χ3n) is 5.04. The summed E-state index contributed by atoms with van der Waals surface area (Å²) in [5, 5.41) is 1.18. The molecule has 1 aliphatic carbocycles. The van der Waals surface area contributed by atoms with Gasteiger partial charge < -0.3 is 14.5 Å². The summed E-state index contributed by atoms with van der Waals surface area (Å²) in [5.41, 5.74) is 4.42. The van der Waals surface area contributed by atoms with E-state index in [1.165, 1.54) is 5.39 Å². The first kappa shape index (κ1) is 14.3. The minimum absolute atomic E-state index is 0.168. The lowest BCUT2D eigenvalue weighted by Crippen LogP contribution is -2.12. The highest BCUT2D eigenvalue weighted by Crippen LogP contribution is 2.40. The zero-order valence-corrected chi connectivity index (χ0v) is 13.6. The molecule has 3 aromatic rings. The van der Waals surface area contributed by atoms with Crippen LogP contribution >= 0.6 is 0 Å². The fraction of sp³-hybridized carbons (Fsp3) is 0.190. The number of benzene rings is 2. The summed E-state index contributed by atoms with van der Waals surface area (Å²) in [4.78, 5) is 15.6. The van der Waals surface area contributed by atoms with Crippen molar-refractivity contribution in [2.75, 3.05) is 6.79 Å². The average Bonchev–Trinajstić information content (AvgIpc) is 3.28. The lowest BCUT2D eigenvalue weighted by Gasteiger charge is -2.23. The Balaban J connectivity index is 1.48. The van der Waals surface area contributed by atoms with E-state index in [2.05, 4.69) is 29.2 Å². The van der Waals surface area contributed by atoms with Crippen molar-refractivity contribution in [3.8, 4) is 11.5 Å². The maximum absolute atomic E-state index is 12.3. The smallest absolute Gasteiger partial charge is 0.231 e. The first-order valence-corrected chi connectivity index (χ1v) is 8.47. The van der Waals surface area contributed by atoms with Gasteiger partial charge in [-0.2, -0.15) is 0 Å². The van der Waals surface area contributed by atoms with E-state index in [1.54, 1.807) is 6.08 Å². The number of H-pyrrole nitrogens is 1. The van der Waals surface area contributed by atoms with Gasteiger partial charge in [-0.05, 0) is 64.8 Å². The summed E-state index contributed by atoms with van der Waals surface area (Å²) < 4.78 is 10.9. The Kier molecular flexibility index (Phi) is 3.17. The summed E-state index contributed by atoms with van der Waals surface area (Å²) >= 11 is 0. The van der Waals surface area contributed by atoms with Crippen molar-refractivity contribution < 1.29 is 14.3 Å². The SMILES string of the molecule is O=C1C=C(c2ccc3cc[nH]c3c2)C[C@@H](c2ccc3c(c2)OCO3)C1. The van der Waals surface area contributed by atoms with Crippen LogP contribution in [-0.2, 0) is 4.79 Å². The molecule has 0 spiro atoms. The summed E-state index contributed by atoms with van der Waals surface area (Å²) in [6.45, 7) is 0.268. The average molecular weight is 331 g/mol. The number of carbonyl (C=O) groups excluding carboxylic acids is 1. The molecule has 5 rings (SSSR count). The minimum Gasteiger partial charge on any atom is -0.454 e. The van der Waals surface area contributed by atoms with Gasteiger partial charge in [0.15, 0.2) is 17.3 Å². The van der Waals surface area contributed by atoms with Gasteiger partial charge in [0, 0.05) is 18.1 Å². The Morgan fingerprint density at radius 2 is 1.88 bits per heavy atom. The van der Waals surface area contributed by atoms with Crippen molar-refractivity contribution in [3.63, 3.8) is 0 Å². The molecule has 124 valence electrons. The molecule has 2 aliphatic rings. The first-order chi connectivity index (χ1) is 12.3. The van der Waals surface area contributed by atoms with Gasteiger partial charge in [0.05, 0.1) is 0 Å². The monoisotopic (exact) mass is 331 g/mol. The number of aromatic amines is 1. The largest absolute Gasteiger partial charge is 0.454 e. The van der Waals surface area contributed by atoms with Gasteiger partial charge in [-0.25, -0.2) is 0 Å². The van der Waals surface area contributed by atoms with Crippen molar-refractivity contribution in [1.82, 2.24) is 4.98 Å². The molecule has 0 fully saturated rings. The summed E-state index contributed by atoms with van der Waals surface area (Å²) in [7, 11) is 0. The number of hydrogen-bond acceptors (Lipinski definition) is 3. The maximum Gasteiger partial charge on any atom is 0.231 e. The number of allylic oxidation sites excluding steroid dienone is 2. The van der Waals surface area contributed by atoms with Crippen LogP contribution in [0.15, 0.2) is 54.7 Å². The molecule has 0 saturated heterocycles. The molecule has 1 aliphatic heterocycles. The van der Waals surface area contributed by atoms with Crippen molar-refractivity contribution >= 4 is 22.3 Å². The summed E-state index contributed by atoms with van der Waals surface area (Å²) in [5.74, 6) is 1.89. The Morgan fingerprint density at radius 3 is 2.84 bits per heavy atom. The number of ether oxygens (including phenoxy) is 2. The van der Waals surface area contributed by atoms with Crippen LogP contribution in [0.25, 0.3) is 16.5 Å². The van der Waals surface area contributed by atoms with Gasteiger partial charge in [-0.3, -0.25) is 4.79 Å². The van der Waals surface area contributed by atoms with Crippen LogP contribution in [0, 0.1) is 0 Å². The predicted octanol–water partition coefficient (Wildman–Crippen LogP) is 4.43. The van der Waals surface area contributed by atoms with Gasteiger partial charge in [0.1, 0.15) is 0 Å². The van der Waals surface area contributed by atoms with E-state index in [4.69, 9.17) is 9.47 Å². The van der Waals surface area contributed by atoms with Crippen LogP contribution in [-0.4, -0.2) is 17.6 Å². The second-order valence-corrected chi connectivity index (χ2v) is 6.63. The highest BCUT2D eigenvalue weighted by Gasteiger charge is 2.25. The molecule has 0 unspecified atom stereocenters. The number of hydrogen-bond donors (Lipinski definition) is 1. The zero-order chi connectivity index (χ0) is 16.8. The van der Waals surface area contributed by atoms with Gasteiger partial charge in [-0.1, -0.05) is 18.2 Å². The standard InChI is InChI=1S/C21H17NO3/c23-18-8-16(14-2-1-13-5-6-22-19(13)10-14)7-17(9-18)15-3-4-20-21(11-15)25-12-24-20/h1-6,8,10-11,17,22H,7,9,12H2/t17-/m1/s1. The molecule has 1 aromatic heterocycles. The fourth-order valence-electron chi connectivity index (χ4n) is 3.74. The third kappa shape index (κ3) is 2.50. The molecule has 2 aromatic carbocycles. The van der Waals surface area contributed by atoms with Gasteiger partial charge in [-0.15, -0.1) is 0 Å². The van der Waals surface area contributed by atoms with E-state index in [0.717, 1.165) is 40.1 Å². The third-order valence-corrected chi connectivity index (χ3v) is 5.04. The second kappa shape index (κ2) is 5.52.